The molecule has 4 heteroatoms. The van der Waals surface area contributed by atoms with Crippen molar-refractivity contribution >= 4 is 15.5 Å². The van der Waals surface area contributed by atoms with Crippen LogP contribution in [0.2, 0.25) is 0 Å². The van der Waals surface area contributed by atoms with Crippen molar-refractivity contribution in [3.8, 4) is 0 Å². The molecular formula is C11H17NO2S. The lowest BCUT2D eigenvalue weighted by Gasteiger charge is -2.09. The highest BCUT2D eigenvalue weighted by Crippen LogP contribution is 2.16. The maximum Gasteiger partial charge on any atom is 0.156 e. The van der Waals surface area contributed by atoms with Gasteiger partial charge in [0.15, 0.2) is 9.84 Å². The summed E-state index contributed by atoms with van der Waals surface area (Å²) in [5.41, 5.74) is 8.09. The van der Waals surface area contributed by atoms with E-state index in [0.717, 1.165) is 11.1 Å². The largest absolute Gasteiger partial charge is 0.399 e. The van der Waals surface area contributed by atoms with Gasteiger partial charge >= 0.3 is 0 Å². The fourth-order valence-electron chi connectivity index (χ4n) is 1.18. The van der Waals surface area contributed by atoms with Crippen LogP contribution in [0.5, 0.6) is 0 Å². The van der Waals surface area contributed by atoms with Crippen LogP contribution in [-0.4, -0.2) is 13.7 Å². The molecule has 0 aliphatic heterocycles. The summed E-state index contributed by atoms with van der Waals surface area (Å²) in [6.07, 6.45) is 0. The van der Waals surface area contributed by atoms with Gasteiger partial charge < -0.3 is 5.73 Å². The first-order valence-corrected chi connectivity index (χ1v) is 6.61. The summed E-state index contributed by atoms with van der Waals surface area (Å²) in [6.45, 7) is 5.27. The summed E-state index contributed by atoms with van der Waals surface area (Å²) in [5.74, 6) is 0.0646. The molecule has 15 heavy (non-hydrogen) atoms. The van der Waals surface area contributed by atoms with E-state index in [1.807, 2.05) is 19.1 Å². The van der Waals surface area contributed by atoms with Gasteiger partial charge in [0.1, 0.15) is 0 Å². The number of hydrogen-bond donors (Lipinski definition) is 1. The van der Waals surface area contributed by atoms with Crippen LogP contribution in [0, 0.1) is 6.92 Å². The molecule has 0 spiro atoms. The molecule has 84 valence electrons. The van der Waals surface area contributed by atoms with Gasteiger partial charge in [0.2, 0.25) is 0 Å². The number of sulfone groups is 1. The van der Waals surface area contributed by atoms with E-state index in [4.69, 9.17) is 5.73 Å². The van der Waals surface area contributed by atoms with Crippen molar-refractivity contribution in [1.82, 2.24) is 0 Å². The summed E-state index contributed by atoms with van der Waals surface area (Å²) in [5, 5.41) is -0.347. The molecule has 3 nitrogen and oxygen atoms in total. The summed E-state index contributed by atoms with van der Waals surface area (Å²) in [4.78, 5) is 0. The minimum absolute atomic E-state index is 0.0646. The normalized spacial score (nSPS) is 12.0. The van der Waals surface area contributed by atoms with Crippen molar-refractivity contribution in [3.05, 3.63) is 29.3 Å². The van der Waals surface area contributed by atoms with Crippen LogP contribution in [0.15, 0.2) is 18.2 Å². The fraction of sp³-hybridized carbons (Fsp3) is 0.455. The van der Waals surface area contributed by atoms with Crippen LogP contribution < -0.4 is 5.73 Å². The minimum atomic E-state index is -3.04. The Kier molecular flexibility index (Phi) is 3.39. The number of hydrogen-bond acceptors (Lipinski definition) is 3. The number of aryl methyl sites for hydroxylation is 1. The molecule has 0 saturated carbocycles. The Morgan fingerprint density at radius 1 is 1.33 bits per heavy atom. The predicted octanol–water partition coefficient (Wildman–Crippen LogP) is 1.90. The minimum Gasteiger partial charge on any atom is -0.399 e. The molecule has 0 amide bonds. The van der Waals surface area contributed by atoms with Gasteiger partial charge in [0.25, 0.3) is 0 Å². The van der Waals surface area contributed by atoms with Gasteiger partial charge in [-0.25, -0.2) is 8.42 Å². The molecule has 1 aromatic rings. The highest BCUT2D eigenvalue weighted by atomic mass is 32.2. The van der Waals surface area contributed by atoms with E-state index in [1.165, 1.54) is 0 Å². The zero-order chi connectivity index (χ0) is 11.6. The first kappa shape index (κ1) is 12.0. The van der Waals surface area contributed by atoms with Crippen LogP contribution in [0.1, 0.15) is 25.0 Å². The molecule has 0 aliphatic rings. The SMILES string of the molecule is Cc1ccc(CS(=O)(=O)C(C)C)cc1N. The zero-order valence-corrected chi connectivity index (χ0v) is 10.1. The average Bonchev–Trinajstić information content (AvgIpc) is 2.10. The molecular weight excluding hydrogens is 210 g/mol. The lowest BCUT2D eigenvalue weighted by atomic mass is 10.1. The Morgan fingerprint density at radius 3 is 2.40 bits per heavy atom. The molecule has 0 saturated heterocycles. The lowest BCUT2D eigenvalue weighted by Crippen LogP contribution is -2.16. The third-order valence-electron chi connectivity index (χ3n) is 2.43. The number of rotatable bonds is 3. The Morgan fingerprint density at radius 2 is 1.93 bits per heavy atom. The van der Waals surface area contributed by atoms with Gasteiger partial charge in [0.05, 0.1) is 11.0 Å². The summed E-state index contributed by atoms with van der Waals surface area (Å²) in [7, 11) is -3.04. The molecule has 1 aromatic carbocycles. The first-order chi connectivity index (χ1) is 6.83. The highest BCUT2D eigenvalue weighted by Gasteiger charge is 2.16. The summed E-state index contributed by atoms with van der Waals surface area (Å²) >= 11 is 0. The third kappa shape index (κ3) is 2.96. The van der Waals surface area contributed by atoms with Crippen molar-refractivity contribution in [1.29, 1.82) is 0 Å². The van der Waals surface area contributed by atoms with Gasteiger partial charge in [-0.15, -0.1) is 0 Å². The topological polar surface area (TPSA) is 60.2 Å². The monoisotopic (exact) mass is 227 g/mol. The standard InChI is InChI=1S/C11H17NO2S/c1-8(2)15(13,14)7-10-5-4-9(3)11(12)6-10/h4-6,8H,7,12H2,1-3H3. The van der Waals surface area contributed by atoms with Gasteiger partial charge in [-0.2, -0.15) is 0 Å². The van der Waals surface area contributed by atoms with Crippen LogP contribution >= 0.6 is 0 Å². The number of benzene rings is 1. The van der Waals surface area contributed by atoms with Gasteiger partial charge in [-0.05, 0) is 38.0 Å². The molecule has 0 heterocycles. The van der Waals surface area contributed by atoms with E-state index in [1.54, 1.807) is 19.9 Å². The smallest absolute Gasteiger partial charge is 0.156 e. The van der Waals surface area contributed by atoms with E-state index in [0.29, 0.717) is 5.69 Å². The molecule has 2 N–H and O–H groups in total. The van der Waals surface area contributed by atoms with Crippen molar-refractivity contribution < 1.29 is 8.42 Å². The van der Waals surface area contributed by atoms with Crippen molar-refractivity contribution in [2.45, 2.75) is 31.8 Å². The summed E-state index contributed by atoms with van der Waals surface area (Å²) in [6, 6.07) is 5.39. The van der Waals surface area contributed by atoms with Crippen LogP contribution in [0.4, 0.5) is 5.69 Å². The number of nitrogens with two attached hydrogens (primary N) is 1. The molecule has 1 rings (SSSR count). The quantitative estimate of drug-likeness (QED) is 0.802. The molecule has 0 fully saturated rings. The Balaban J connectivity index is 2.96. The van der Waals surface area contributed by atoms with Crippen molar-refractivity contribution in [2.24, 2.45) is 0 Å². The van der Waals surface area contributed by atoms with Gasteiger partial charge in [-0.1, -0.05) is 12.1 Å². The van der Waals surface area contributed by atoms with Gasteiger partial charge in [0, 0.05) is 5.69 Å². The molecule has 0 aromatic heterocycles. The van der Waals surface area contributed by atoms with Crippen molar-refractivity contribution in [2.75, 3.05) is 5.73 Å². The molecule has 0 bridgehead atoms. The number of nitrogen functional groups attached to an aromatic ring is 1. The second-order valence-corrected chi connectivity index (χ2v) is 6.60. The molecule has 0 aliphatic carbocycles. The molecule has 0 unspecified atom stereocenters. The zero-order valence-electron chi connectivity index (χ0n) is 9.32. The Hall–Kier alpha value is -1.03. The predicted molar refractivity (Wildman–Crippen MR) is 63.4 cm³/mol. The Bertz CT molecular complexity index is 450. The van der Waals surface area contributed by atoms with E-state index in [9.17, 15) is 8.42 Å². The average molecular weight is 227 g/mol. The maximum atomic E-state index is 11.7. The van der Waals surface area contributed by atoms with Crippen molar-refractivity contribution in [3.63, 3.8) is 0 Å². The lowest BCUT2D eigenvalue weighted by molar-refractivity contribution is 0.586. The van der Waals surface area contributed by atoms with E-state index >= 15 is 0 Å². The third-order valence-corrected chi connectivity index (χ3v) is 4.60. The maximum absolute atomic E-state index is 11.7. The number of anilines is 1. The van der Waals surface area contributed by atoms with Crippen LogP contribution in [-0.2, 0) is 15.6 Å². The van der Waals surface area contributed by atoms with Crippen LogP contribution in [0.3, 0.4) is 0 Å². The summed E-state index contributed by atoms with van der Waals surface area (Å²) < 4.78 is 23.3. The first-order valence-electron chi connectivity index (χ1n) is 4.89. The second-order valence-electron chi connectivity index (χ2n) is 4.05. The molecule has 0 atom stereocenters. The molecule has 0 radical (unpaired) electrons. The second kappa shape index (κ2) is 4.23. The van der Waals surface area contributed by atoms with E-state index < -0.39 is 9.84 Å². The van der Waals surface area contributed by atoms with Gasteiger partial charge in [-0.3, -0.25) is 0 Å². The fourth-order valence-corrected chi connectivity index (χ4v) is 2.16. The van der Waals surface area contributed by atoms with Crippen LogP contribution in [0.25, 0.3) is 0 Å². The van der Waals surface area contributed by atoms with E-state index in [-0.39, 0.29) is 11.0 Å². The Labute approximate surface area is 91.2 Å². The van der Waals surface area contributed by atoms with E-state index in [2.05, 4.69) is 0 Å². The highest BCUT2D eigenvalue weighted by molar-refractivity contribution is 7.91.